The second-order valence-corrected chi connectivity index (χ2v) is 8.81. The van der Waals surface area contributed by atoms with E-state index in [0.717, 1.165) is 34.0 Å². The molecule has 0 radical (unpaired) electrons. The average molecular weight is 451 g/mol. The van der Waals surface area contributed by atoms with Crippen LogP contribution in [0, 0.1) is 13.8 Å². The molecular weight excluding hydrogens is 432 g/mol. The van der Waals surface area contributed by atoms with Gasteiger partial charge in [-0.1, -0.05) is 47.1 Å². The van der Waals surface area contributed by atoms with E-state index in [2.05, 4.69) is 10.5 Å². The van der Waals surface area contributed by atoms with Gasteiger partial charge in [-0.15, -0.1) is 0 Å². The van der Waals surface area contributed by atoms with Crippen molar-refractivity contribution >= 4 is 35.1 Å². The van der Waals surface area contributed by atoms with Crippen LogP contribution in [-0.4, -0.2) is 20.8 Å². The van der Waals surface area contributed by atoms with E-state index in [9.17, 15) is 4.79 Å². The number of aromatic nitrogens is 3. The number of carbonyl (C=O) groups is 1. The van der Waals surface area contributed by atoms with Crippen LogP contribution in [0.3, 0.4) is 0 Å². The van der Waals surface area contributed by atoms with Gasteiger partial charge in [0.1, 0.15) is 22.8 Å². The van der Waals surface area contributed by atoms with Crippen molar-refractivity contribution in [1.82, 2.24) is 14.9 Å². The lowest BCUT2D eigenvalue weighted by Crippen LogP contribution is -2.17. The quantitative estimate of drug-likeness (QED) is 0.425. The Balaban J connectivity index is 1.57. The second kappa shape index (κ2) is 7.90. The number of benzene rings is 2. The number of amides is 1. The Labute approximate surface area is 188 Å². The summed E-state index contributed by atoms with van der Waals surface area (Å²) >= 11 is 8.14. The summed E-state index contributed by atoms with van der Waals surface area (Å²) in [6, 6.07) is 15.3. The minimum atomic E-state index is -0.304. The van der Waals surface area contributed by atoms with Crippen LogP contribution in [0.15, 0.2) is 53.1 Å². The first-order valence-electron chi connectivity index (χ1n) is 9.81. The Bertz CT molecular complexity index is 1310. The van der Waals surface area contributed by atoms with Crippen LogP contribution in [0.5, 0.6) is 0 Å². The van der Waals surface area contributed by atoms with Gasteiger partial charge in [-0.3, -0.25) is 4.79 Å². The number of thioether (sulfide) groups is 1. The summed E-state index contributed by atoms with van der Waals surface area (Å²) in [5.74, 6) is 2.44. The van der Waals surface area contributed by atoms with Crippen molar-refractivity contribution in [2.24, 2.45) is 0 Å². The van der Waals surface area contributed by atoms with Gasteiger partial charge in [-0.25, -0.2) is 4.68 Å². The number of hydrogen-bond donors (Lipinski definition) is 1. The van der Waals surface area contributed by atoms with Gasteiger partial charge in [-0.2, -0.15) is 16.9 Å². The SMILES string of the molecule is Cc1cccc(-n2nc3c(c2NC(=O)c2c(-c4ccccc4Cl)noc2C)CSC3)c1. The molecule has 0 fully saturated rings. The molecule has 1 amide bonds. The normalized spacial score (nSPS) is 12.7. The monoisotopic (exact) mass is 450 g/mol. The summed E-state index contributed by atoms with van der Waals surface area (Å²) < 4.78 is 7.19. The van der Waals surface area contributed by atoms with E-state index in [4.69, 9.17) is 21.2 Å². The van der Waals surface area contributed by atoms with E-state index in [-0.39, 0.29) is 5.91 Å². The van der Waals surface area contributed by atoms with E-state index >= 15 is 0 Å². The van der Waals surface area contributed by atoms with Crippen LogP contribution in [-0.2, 0) is 11.5 Å². The molecule has 156 valence electrons. The lowest BCUT2D eigenvalue weighted by atomic mass is 10.1. The average Bonchev–Trinajstić information content (AvgIpc) is 3.44. The largest absolute Gasteiger partial charge is 0.360 e. The molecule has 1 N–H and O–H groups in total. The summed E-state index contributed by atoms with van der Waals surface area (Å²) in [6.45, 7) is 3.76. The Hall–Kier alpha value is -3.03. The zero-order valence-corrected chi connectivity index (χ0v) is 18.5. The lowest BCUT2D eigenvalue weighted by molar-refractivity contribution is 0.102. The molecule has 2 aromatic carbocycles. The molecule has 0 saturated carbocycles. The number of halogens is 1. The topological polar surface area (TPSA) is 73.0 Å². The molecule has 0 unspecified atom stereocenters. The first-order valence-corrected chi connectivity index (χ1v) is 11.3. The van der Waals surface area contributed by atoms with Crippen LogP contribution in [0.25, 0.3) is 16.9 Å². The summed E-state index contributed by atoms with van der Waals surface area (Å²) in [7, 11) is 0. The third-order valence-electron chi connectivity index (χ3n) is 5.25. The van der Waals surface area contributed by atoms with Crippen molar-refractivity contribution in [3.05, 3.63) is 81.7 Å². The van der Waals surface area contributed by atoms with E-state index in [1.54, 1.807) is 24.8 Å². The maximum Gasteiger partial charge on any atom is 0.262 e. The Morgan fingerprint density at radius 2 is 2.00 bits per heavy atom. The number of hydrogen-bond acceptors (Lipinski definition) is 5. The molecule has 0 bridgehead atoms. The van der Waals surface area contributed by atoms with Gasteiger partial charge in [0, 0.05) is 22.6 Å². The lowest BCUT2D eigenvalue weighted by Gasteiger charge is -2.12. The maximum atomic E-state index is 13.4. The molecule has 0 spiro atoms. The van der Waals surface area contributed by atoms with Crippen molar-refractivity contribution < 1.29 is 9.32 Å². The fourth-order valence-corrected chi connectivity index (χ4v) is 4.99. The molecule has 0 saturated heterocycles. The minimum Gasteiger partial charge on any atom is -0.360 e. The maximum absolute atomic E-state index is 13.4. The molecular formula is C23H19ClN4O2S. The predicted octanol–water partition coefficient (Wildman–Crippen LogP) is 5.80. The van der Waals surface area contributed by atoms with E-state index in [1.165, 1.54) is 0 Å². The molecule has 1 aliphatic heterocycles. The molecule has 1 aliphatic rings. The summed E-state index contributed by atoms with van der Waals surface area (Å²) in [5.41, 5.74) is 5.51. The fraction of sp³-hybridized carbons (Fsp3) is 0.174. The molecule has 31 heavy (non-hydrogen) atoms. The molecule has 6 nitrogen and oxygen atoms in total. The molecule has 0 atom stereocenters. The number of carbonyl (C=O) groups excluding carboxylic acids is 1. The van der Waals surface area contributed by atoms with Crippen LogP contribution in [0.1, 0.15) is 32.9 Å². The van der Waals surface area contributed by atoms with Crippen molar-refractivity contribution in [3.8, 4) is 16.9 Å². The van der Waals surface area contributed by atoms with Crippen molar-refractivity contribution in [3.63, 3.8) is 0 Å². The van der Waals surface area contributed by atoms with Gasteiger partial charge >= 0.3 is 0 Å². The fourth-order valence-electron chi connectivity index (χ4n) is 3.73. The Kier molecular flexibility index (Phi) is 5.08. The molecule has 3 heterocycles. The predicted molar refractivity (Wildman–Crippen MR) is 123 cm³/mol. The van der Waals surface area contributed by atoms with Gasteiger partial charge in [0.15, 0.2) is 0 Å². The van der Waals surface area contributed by atoms with Crippen LogP contribution in [0.2, 0.25) is 5.02 Å². The summed E-state index contributed by atoms with van der Waals surface area (Å²) in [5, 5.41) is 12.5. The van der Waals surface area contributed by atoms with Gasteiger partial charge in [0.05, 0.1) is 16.4 Å². The van der Waals surface area contributed by atoms with Gasteiger partial charge in [0.2, 0.25) is 0 Å². The van der Waals surface area contributed by atoms with E-state index in [1.807, 2.05) is 54.1 Å². The van der Waals surface area contributed by atoms with Gasteiger partial charge in [-0.05, 0) is 37.6 Å². The van der Waals surface area contributed by atoms with Crippen LogP contribution >= 0.6 is 23.4 Å². The number of aryl methyl sites for hydroxylation is 2. The highest BCUT2D eigenvalue weighted by molar-refractivity contribution is 7.98. The third-order valence-corrected chi connectivity index (χ3v) is 6.55. The summed E-state index contributed by atoms with van der Waals surface area (Å²) in [4.78, 5) is 13.4. The third kappa shape index (κ3) is 3.54. The highest BCUT2D eigenvalue weighted by Gasteiger charge is 2.28. The Morgan fingerprint density at radius 1 is 1.16 bits per heavy atom. The van der Waals surface area contributed by atoms with Crippen LogP contribution < -0.4 is 5.32 Å². The smallest absolute Gasteiger partial charge is 0.262 e. The molecule has 2 aromatic heterocycles. The van der Waals surface area contributed by atoms with E-state index < -0.39 is 0 Å². The zero-order chi connectivity index (χ0) is 21.5. The molecule has 4 aromatic rings. The molecule has 8 heteroatoms. The number of rotatable bonds is 4. The van der Waals surface area contributed by atoms with Crippen molar-refractivity contribution in [1.29, 1.82) is 0 Å². The van der Waals surface area contributed by atoms with Crippen molar-refractivity contribution in [2.45, 2.75) is 25.4 Å². The standard InChI is InChI=1S/C23H19ClN4O2S/c1-13-6-5-7-15(10-13)28-22(17-11-31-12-19(17)26-28)25-23(29)20-14(2)30-27-21(20)16-8-3-4-9-18(16)24/h3-10H,11-12H2,1-2H3,(H,25,29). The van der Waals surface area contributed by atoms with Crippen molar-refractivity contribution in [2.75, 3.05) is 5.32 Å². The number of fused-ring (bicyclic) bond motifs is 1. The first kappa shape index (κ1) is 19.9. The molecule has 0 aliphatic carbocycles. The number of nitrogens with one attached hydrogen (secondary N) is 1. The number of anilines is 1. The highest BCUT2D eigenvalue weighted by Crippen LogP contribution is 2.37. The van der Waals surface area contributed by atoms with Gasteiger partial charge in [0.25, 0.3) is 5.91 Å². The zero-order valence-electron chi connectivity index (χ0n) is 17.0. The second-order valence-electron chi connectivity index (χ2n) is 7.41. The van der Waals surface area contributed by atoms with Gasteiger partial charge < -0.3 is 9.84 Å². The highest BCUT2D eigenvalue weighted by atomic mass is 35.5. The first-order chi connectivity index (χ1) is 15.0. The van der Waals surface area contributed by atoms with E-state index in [0.29, 0.717) is 33.4 Å². The Morgan fingerprint density at radius 3 is 2.81 bits per heavy atom. The minimum absolute atomic E-state index is 0.304. The molecule has 5 rings (SSSR count). The van der Waals surface area contributed by atoms with Crippen LogP contribution in [0.4, 0.5) is 5.82 Å². The number of nitrogens with zero attached hydrogens (tertiary/aromatic N) is 3. The summed E-state index contributed by atoms with van der Waals surface area (Å²) in [6.07, 6.45) is 0.